The highest BCUT2D eigenvalue weighted by Gasteiger charge is 2.04. The van der Waals surface area contributed by atoms with Crippen LogP contribution in [0.25, 0.3) is 11.5 Å². The first kappa shape index (κ1) is 10.4. The second-order valence-corrected chi connectivity index (χ2v) is 3.55. The van der Waals surface area contributed by atoms with E-state index in [2.05, 4.69) is 10.3 Å². The lowest BCUT2D eigenvalue weighted by Crippen LogP contribution is -2.05. The number of hydrogen-bond donors (Lipinski definition) is 1. The van der Waals surface area contributed by atoms with Gasteiger partial charge in [-0.1, -0.05) is 0 Å². The fourth-order valence-electron chi connectivity index (χ4n) is 1.39. The average molecular weight is 216 g/mol. The summed E-state index contributed by atoms with van der Waals surface area (Å²) in [6.07, 6.45) is 1.61. The molecule has 2 rings (SSSR count). The molecule has 4 nitrogen and oxygen atoms in total. The molecule has 1 amide bonds. The van der Waals surface area contributed by atoms with Gasteiger partial charge in [0.1, 0.15) is 6.26 Å². The first-order valence-corrected chi connectivity index (χ1v) is 4.95. The molecule has 0 saturated carbocycles. The zero-order valence-corrected chi connectivity index (χ0v) is 9.15. The maximum Gasteiger partial charge on any atom is 0.226 e. The first-order valence-electron chi connectivity index (χ1n) is 4.95. The number of aryl methyl sites for hydroxylation is 1. The van der Waals surface area contributed by atoms with Gasteiger partial charge in [-0.15, -0.1) is 0 Å². The monoisotopic (exact) mass is 216 g/mol. The van der Waals surface area contributed by atoms with Gasteiger partial charge in [-0.3, -0.25) is 4.79 Å². The van der Waals surface area contributed by atoms with Crippen molar-refractivity contribution in [2.45, 2.75) is 13.8 Å². The van der Waals surface area contributed by atoms with Crippen molar-refractivity contribution in [2.24, 2.45) is 0 Å². The summed E-state index contributed by atoms with van der Waals surface area (Å²) >= 11 is 0. The summed E-state index contributed by atoms with van der Waals surface area (Å²) in [4.78, 5) is 15.0. The van der Waals surface area contributed by atoms with E-state index in [1.807, 2.05) is 31.2 Å². The summed E-state index contributed by atoms with van der Waals surface area (Å²) < 4.78 is 5.27. The van der Waals surface area contributed by atoms with E-state index in [1.54, 1.807) is 6.26 Å². The quantitative estimate of drug-likeness (QED) is 0.839. The Bertz CT molecular complexity index is 500. The zero-order valence-electron chi connectivity index (χ0n) is 9.15. The van der Waals surface area contributed by atoms with Crippen molar-refractivity contribution < 1.29 is 9.21 Å². The smallest absolute Gasteiger partial charge is 0.226 e. The highest BCUT2D eigenvalue weighted by atomic mass is 16.3. The number of amides is 1. The van der Waals surface area contributed by atoms with Crippen molar-refractivity contribution in [1.29, 1.82) is 0 Å². The zero-order chi connectivity index (χ0) is 11.5. The van der Waals surface area contributed by atoms with Crippen molar-refractivity contribution in [2.75, 3.05) is 5.32 Å². The molecular formula is C12H12N2O2. The van der Waals surface area contributed by atoms with Gasteiger partial charge in [0.2, 0.25) is 11.8 Å². The number of anilines is 1. The number of rotatable bonds is 2. The fraction of sp³-hybridized carbons (Fsp3) is 0.167. The molecule has 0 aliphatic heterocycles. The van der Waals surface area contributed by atoms with Gasteiger partial charge in [0.25, 0.3) is 0 Å². The van der Waals surface area contributed by atoms with Crippen LogP contribution >= 0.6 is 0 Å². The molecule has 0 aliphatic rings. The number of oxazole rings is 1. The summed E-state index contributed by atoms with van der Waals surface area (Å²) in [6.45, 7) is 3.35. The SMILES string of the molecule is CC(=O)Nc1ccc(-c2nc(C)co2)cc1. The molecule has 0 unspecified atom stereocenters. The Labute approximate surface area is 93.3 Å². The molecule has 0 aliphatic carbocycles. The van der Waals surface area contributed by atoms with Crippen LogP contribution in [0.3, 0.4) is 0 Å². The maximum atomic E-state index is 10.8. The lowest BCUT2D eigenvalue weighted by Gasteiger charge is -2.01. The van der Waals surface area contributed by atoms with Gasteiger partial charge in [-0.25, -0.2) is 4.98 Å². The summed E-state index contributed by atoms with van der Waals surface area (Å²) in [5, 5.41) is 2.70. The van der Waals surface area contributed by atoms with Crippen LogP contribution in [0, 0.1) is 6.92 Å². The predicted molar refractivity (Wildman–Crippen MR) is 61.0 cm³/mol. The Kier molecular flexibility index (Phi) is 2.72. The molecule has 0 radical (unpaired) electrons. The van der Waals surface area contributed by atoms with Crippen LogP contribution in [0.5, 0.6) is 0 Å². The van der Waals surface area contributed by atoms with Gasteiger partial charge in [-0.2, -0.15) is 0 Å². The van der Waals surface area contributed by atoms with Crippen LogP contribution in [0.2, 0.25) is 0 Å². The first-order chi connectivity index (χ1) is 7.65. The molecule has 82 valence electrons. The highest BCUT2D eigenvalue weighted by molar-refractivity contribution is 5.88. The standard InChI is InChI=1S/C12H12N2O2/c1-8-7-16-12(13-8)10-3-5-11(6-4-10)14-9(2)15/h3-7H,1-2H3,(H,14,15). The van der Waals surface area contributed by atoms with Crippen molar-refractivity contribution in [3.8, 4) is 11.5 Å². The minimum atomic E-state index is -0.0836. The lowest BCUT2D eigenvalue weighted by molar-refractivity contribution is -0.114. The molecule has 1 aromatic carbocycles. The summed E-state index contributed by atoms with van der Waals surface area (Å²) in [5.74, 6) is 0.506. The minimum Gasteiger partial charge on any atom is -0.444 e. The lowest BCUT2D eigenvalue weighted by atomic mass is 10.2. The van der Waals surface area contributed by atoms with Crippen LogP contribution in [0.1, 0.15) is 12.6 Å². The normalized spacial score (nSPS) is 10.1. The van der Waals surface area contributed by atoms with Gasteiger partial charge in [-0.05, 0) is 31.2 Å². The van der Waals surface area contributed by atoms with Gasteiger partial charge < -0.3 is 9.73 Å². The number of hydrogen-bond acceptors (Lipinski definition) is 3. The highest BCUT2D eigenvalue weighted by Crippen LogP contribution is 2.20. The average Bonchev–Trinajstić information content (AvgIpc) is 2.65. The number of benzene rings is 1. The van der Waals surface area contributed by atoms with E-state index in [0.29, 0.717) is 5.89 Å². The topological polar surface area (TPSA) is 55.1 Å². The molecule has 1 heterocycles. The van der Waals surface area contributed by atoms with Crippen molar-refractivity contribution in [1.82, 2.24) is 4.98 Å². The summed E-state index contributed by atoms with van der Waals surface area (Å²) in [6, 6.07) is 7.35. The summed E-state index contributed by atoms with van der Waals surface area (Å²) in [7, 11) is 0. The maximum absolute atomic E-state index is 10.8. The molecule has 4 heteroatoms. The fourth-order valence-corrected chi connectivity index (χ4v) is 1.39. The van der Waals surface area contributed by atoms with Crippen molar-refractivity contribution in [3.05, 3.63) is 36.2 Å². The van der Waals surface area contributed by atoms with E-state index in [-0.39, 0.29) is 5.91 Å². The number of nitrogens with zero attached hydrogens (tertiary/aromatic N) is 1. The Hall–Kier alpha value is -2.10. The van der Waals surface area contributed by atoms with Crippen LogP contribution in [-0.4, -0.2) is 10.9 Å². The Morgan fingerprint density at radius 1 is 1.31 bits per heavy atom. The molecule has 0 fully saturated rings. The van der Waals surface area contributed by atoms with Crippen LogP contribution in [-0.2, 0) is 4.79 Å². The predicted octanol–water partition coefficient (Wildman–Crippen LogP) is 2.61. The van der Waals surface area contributed by atoms with Gasteiger partial charge in [0.05, 0.1) is 5.69 Å². The second kappa shape index (κ2) is 4.18. The third-order valence-electron chi connectivity index (χ3n) is 2.07. The molecule has 0 atom stereocenters. The molecule has 1 N–H and O–H groups in total. The number of nitrogens with one attached hydrogen (secondary N) is 1. The van der Waals surface area contributed by atoms with Crippen LogP contribution in [0.15, 0.2) is 34.9 Å². The second-order valence-electron chi connectivity index (χ2n) is 3.55. The van der Waals surface area contributed by atoms with E-state index in [0.717, 1.165) is 16.9 Å². The van der Waals surface area contributed by atoms with Crippen LogP contribution in [0.4, 0.5) is 5.69 Å². The Balaban J connectivity index is 2.22. The van der Waals surface area contributed by atoms with E-state index in [1.165, 1.54) is 6.92 Å². The van der Waals surface area contributed by atoms with E-state index < -0.39 is 0 Å². The number of aromatic nitrogens is 1. The largest absolute Gasteiger partial charge is 0.444 e. The number of carbonyl (C=O) groups excluding carboxylic acids is 1. The van der Waals surface area contributed by atoms with Crippen molar-refractivity contribution in [3.63, 3.8) is 0 Å². The molecule has 0 bridgehead atoms. The van der Waals surface area contributed by atoms with E-state index in [9.17, 15) is 4.79 Å². The van der Waals surface area contributed by atoms with Crippen molar-refractivity contribution >= 4 is 11.6 Å². The molecule has 16 heavy (non-hydrogen) atoms. The molecule has 0 spiro atoms. The summed E-state index contributed by atoms with van der Waals surface area (Å²) in [5.41, 5.74) is 2.50. The Morgan fingerprint density at radius 2 is 2.00 bits per heavy atom. The number of carbonyl (C=O) groups is 1. The Morgan fingerprint density at radius 3 is 2.50 bits per heavy atom. The minimum absolute atomic E-state index is 0.0836. The molecule has 2 aromatic rings. The third kappa shape index (κ3) is 2.28. The van der Waals surface area contributed by atoms with Gasteiger partial charge in [0.15, 0.2) is 0 Å². The van der Waals surface area contributed by atoms with E-state index >= 15 is 0 Å². The van der Waals surface area contributed by atoms with Gasteiger partial charge >= 0.3 is 0 Å². The molecule has 1 aromatic heterocycles. The van der Waals surface area contributed by atoms with Gasteiger partial charge in [0, 0.05) is 18.2 Å². The van der Waals surface area contributed by atoms with Crippen LogP contribution < -0.4 is 5.32 Å². The molecule has 0 saturated heterocycles. The van der Waals surface area contributed by atoms with E-state index in [4.69, 9.17) is 4.42 Å². The molecular weight excluding hydrogens is 204 g/mol. The third-order valence-corrected chi connectivity index (χ3v) is 2.07.